The van der Waals surface area contributed by atoms with Crippen molar-refractivity contribution < 1.29 is 9.15 Å². The molecule has 0 bridgehead atoms. The Balaban J connectivity index is 1.39. The lowest BCUT2D eigenvalue weighted by Gasteiger charge is -2.14. The highest BCUT2D eigenvalue weighted by Crippen LogP contribution is 2.27. The molecule has 2 heterocycles. The third-order valence-electron chi connectivity index (χ3n) is 4.47. The topological polar surface area (TPSA) is 38.5 Å². The Bertz CT molecular complexity index is 792. The van der Waals surface area contributed by atoms with E-state index in [0.29, 0.717) is 5.89 Å². The number of aromatic nitrogens is 1. The van der Waals surface area contributed by atoms with Gasteiger partial charge in [0, 0.05) is 18.2 Å². The van der Waals surface area contributed by atoms with Crippen LogP contribution in [0, 0.1) is 0 Å². The monoisotopic (exact) mass is 322 g/mol. The van der Waals surface area contributed by atoms with Crippen LogP contribution in [-0.4, -0.2) is 36.1 Å². The smallest absolute Gasteiger partial charge is 0.227 e. The molecular formula is C20H22N2O2. The molecule has 2 aromatic carbocycles. The summed E-state index contributed by atoms with van der Waals surface area (Å²) >= 11 is 0. The normalized spacial score (nSPS) is 15.2. The summed E-state index contributed by atoms with van der Waals surface area (Å²) in [5, 5.41) is 0. The van der Waals surface area contributed by atoms with Crippen LogP contribution in [0.3, 0.4) is 0 Å². The van der Waals surface area contributed by atoms with Crippen molar-refractivity contribution >= 4 is 11.1 Å². The van der Waals surface area contributed by atoms with Crippen LogP contribution in [0.25, 0.3) is 22.6 Å². The lowest BCUT2D eigenvalue weighted by Crippen LogP contribution is -2.21. The van der Waals surface area contributed by atoms with Crippen molar-refractivity contribution in [2.75, 3.05) is 26.2 Å². The minimum Gasteiger partial charge on any atom is -0.493 e. The second-order valence-corrected chi connectivity index (χ2v) is 6.27. The van der Waals surface area contributed by atoms with Gasteiger partial charge in [-0.05, 0) is 56.6 Å². The van der Waals surface area contributed by atoms with Crippen molar-refractivity contribution in [3.8, 4) is 17.2 Å². The molecule has 0 saturated carbocycles. The largest absolute Gasteiger partial charge is 0.493 e. The number of nitrogens with zero attached hydrogens (tertiary/aromatic N) is 2. The van der Waals surface area contributed by atoms with Crippen LogP contribution in [0.15, 0.2) is 52.9 Å². The highest BCUT2D eigenvalue weighted by Gasteiger charge is 2.11. The molecule has 0 atom stereocenters. The summed E-state index contributed by atoms with van der Waals surface area (Å²) in [6, 6.07) is 15.8. The fourth-order valence-electron chi connectivity index (χ4n) is 3.18. The van der Waals surface area contributed by atoms with E-state index in [1.807, 2.05) is 48.5 Å². The number of hydrogen-bond donors (Lipinski definition) is 0. The van der Waals surface area contributed by atoms with E-state index >= 15 is 0 Å². The predicted molar refractivity (Wildman–Crippen MR) is 95.2 cm³/mol. The predicted octanol–water partition coefficient (Wildman–Crippen LogP) is 4.36. The second-order valence-electron chi connectivity index (χ2n) is 6.27. The molecule has 0 amide bonds. The Kier molecular flexibility index (Phi) is 4.47. The number of likely N-dealkylation sites (tertiary alicyclic amines) is 1. The van der Waals surface area contributed by atoms with Crippen LogP contribution in [0.4, 0.5) is 0 Å². The van der Waals surface area contributed by atoms with Gasteiger partial charge in [-0.3, -0.25) is 0 Å². The summed E-state index contributed by atoms with van der Waals surface area (Å²) in [6.07, 6.45) is 3.74. The molecule has 124 valence electrons. The van der Waals surface area contributed by atoms with Gasteiger partial charge in [0.05, 0.1) is 6.61 Å². The highest BCUT2D eigenvalue weighted by atomic mass is 16.5. The maximum absolute atomic E-state index is 5.88. The maximum Gasteiger partial charge on any atom is 0.227 e. The van der Waals surface area contributed by atoms with Gasteiger partial charge in [-0.25, -0.2) is 4.98 Å². The number of rotatable bonds is 6. The SMILES string of the molecule is c1ccc(-c2nc3ccc(OCCCN4CCCC4)cc3o2)cc1. The number of hydrogen-bond acceptors (Lipinski definition) is 4. The van der Waals surface area contributed by atoms with Crippen molar-refractivity contribution in [3.63, 3.8) is 0 Å². The van der Waals surface area contributed by atoms with E-state index in [1.54, 1.807) is 0 Å². The standard InChI is InChI=1S/C20H22N2O2/c1-2-7-16(8-3-1)20-21-18-10-9-17(15-19(18)24-20)23-14-6-13-22-11-4-5-12-22/h1-3,7-10,15H,4-6,11-14H2. The van der Waals surface area contributed by atoms with Gasteiger partial charge in [0.2, 0.25) is 5.89 Å². The summed E-state index contributed by atoms with van der Waals surface area (Å²) in [6.45, 7) is 4.35. The first-order valence-electron chi connectivity index (χ1n) is 8.70. The van der Waals surface area contributed by atoms with Gasteiger partial charge in [-0.1, -0.05) is 18.2 Å². The van der Waals surface area contributed by atoms with Crippen molar-refractivity contribution in [2.24, 2.45) is 0 Å². The molecule has 4 nitrogen and oxygen atoms in total. The van der Waals surface area contributed by atoms with Gasteiger partial charge in [-0.2, -0.15) is 0 Å². The van der Waals surface area contributed by atoms with Crippen LogP contribution in [0.2, 0.25) is 0 Å². The second kappa shape index (κ2) is 7.05. The fourth-order valence-corrected chi connectivity index (χ4v) is 3.18. The third-order valence-corrected chi connectivity index (χ3v) is 4.47. The van der Waals surface area contributed by atoms with Crippen LogP contribution < -0.4 is 4.74 Å². The summed E-state index contributed by atoms with van der Waals surface area (Å²) < 4.78 is 11.8. The molecule has 3 aromatic rings. The van der Waals surface area contributed by atoms with E-state index < -0.39 is 0 Å². The lowest BCUT2D eigenvalue weighted by molar-refractivity contribution is 0.263. The van der Waals surface area contributed by atoms with Gasteiger partial charge in [0.15, 0.2) is 5.58 Å². The molecule has 1 fully saturated rings. The minimum atomic E-state index is 0.650. The quantitative estimate of drug-likeness (QED) is 0.632. The number of benzene rings is 2. The molecule has 4 rings (SSSR count). The van der Waals surface area contributed by atoms with Crippen molar-refractivity contribution in [3.05, 3.63) is 48.5 Å². The molecule has 4 heteroatoms. The van der Waals surface area contributed by atoms with E-state index in [4.69, 9.17) is 9.15 Å². The Hall–Kier alpha value is -2.33. The molecular weight excluding hydrogens is 300 g/mol. The minimum absolute atomic E-state index is 0.650. The summed E-state index contributed by atoms with van der Waals surface area (Å²) in [4.78, 5) is 7.05. The molecule has 0 spiro atoms. The zero-order valence-electron chi connectivity index (χ0n) is 13.8. The van der Waals surface area contributed by atoms with Crippen LogP contribution in [-0.2, 0) is 0 Å². The molecule has 0 aliphatic carbocycles. The zero-order valence-corrected chi connectivity index (χ0v) is 13.8. The summed E-state index contributed by atoms with van der Waals surface area (Å²) in [5.74, 6) is 1.50. The van der Waals surface area contributed by atoms with Gasteiger partial charge in [0.25, 0.3) is 0 Å². The highest BCUT2D eigenvalue weighted by molar-refractivity contribution is 5.77. The molecule has 0 unspecified atom stereocenters. The van der Waals surface area contributed by atoms with Crippen molar-refractivity contribution in [1.82, 2.24) is 9.88 Å². The molecule has 1 saturated heterocycles. The molecule has 1 aromatic heterocycles. The zero-order chi connectivity index (χ0) is 16.2. The average molecular weight is 322 g/mol. The summed E-state index contributed by atoms with van der Waals surface area (Å²) in [7, 11) is 0. The Morgan fingerprint density at radius 2 is 1.88 bits per heavy atom. The van der Waals surface area contributed by atoms with Crippen LogP contribution in [0.5, 0.6) is 5.75 Å². The first kappa shape index (κ1) is 15.2. The molecule has 0 radical (unpaired) electrons. The van der Waals surface area contributed by atoms with Gasteiger partial charge >= 0.3 is 0 Å². The fraction of sp³-hybridized carbons (Fsp3) is 0.350. The Morgan fingerprint density at radius 3 is 2.71 bits per heavy atom. The van der Waals surface area contributed by atoms with Crippen LogP contribution >= 0.6 is 0 Å². The Morgan fingerprint density at radius 1 is 1.04 bits per heavy atom. The molecule has 1 aliphatic rings. The first-order valence-corrected chi connectivity index (χ1v) is 8.70. The maximum atomic E-state index is 5.88. The van der Waals surface area contributed by atoms with E-state index in [2.05, 4.69) is 9.88 Å². The number of fused-ring (bicyclic) bond motifs is 1. The number of oxazole rings is 1. The van der Waals surface area contributed by atoms with Crippen molar-refractivity contribution in [1.29, 1.82) is 0 Å². The molecule has 0 N–H and O–H groups in total. The van der Waals surface area contributed by atoms with Gasteiger partial charge in [-0.15, -0.1) is 0 Å². The van der Waals surface area contributed by atoms with Gasteiger partial charge in [0.1, 0.15) is 11.3 Å². The van der Waals surface area contributed by atoms with Crippen molar-refractivity contribution in [2.45, 2.75) is 19.3 Å². The van der Waals surface area contributed by atoms with Gasteiger partial charge < -0.3 is 14.1 Å². The first-order chi connectivity index (χ1) is 11.9. The molecule has 1 aliphatic heterocycles. The molecule has 24 heavy (non-hydrogen) atoms. The third kappa shape index (κ3) is 3.44. The lowest BCUT2D eigenvalue weighted by atomic mass is 10.2. The van der Waals surface area contributed by atoms with E-state index in [9.17, 15) is 0 Å². The average Bonchev–Trinajstić information content (AvgIpc) is 3.28. The Labute approximate surface area is 142 Å². The van der Waals surface area contributed by atoms with E-state index in [-0.39, 0.29) is 0 Å². The van der Waals surface area contributed by atoms with Crippen LogP contribution in [0.1, 0.15) is 19.3 Å². The number of ether oxygens (including phenoxy) is 1. The van der Waals surface area contributed by atoms with E-state index in [0.717, 1.165) is 42.0 Å². The summed E-state index contributed by atoms with van der Waals surface area (Å²) in [5.41, 5.74) is 2.62. The van der Waals surface area contributed by atoms with E-state index in [1.165, 1.54) is 25.9 Å².